The van der Waals surface area contributed by atoms with Gasteiger partial charge in [0, 0.05) is 16.1 Å². The van der Waals surface area contributed by atoms with Gasteiger partial charge in [-0.1, -0.05) is 6.92 Å². The average Bonchev–Trinajstić information content (AvgIpc) is 2.95. The summed E-state index contributed by atoms with van der Waals surface area (Å²) < 4.78 is 11.0. The first kappa shape index (κ1) is 26.8. The maximum absolute atomic E-state index is 12.7. The summed E-state index contributed by atoms with van der Waals surface area (Å²) in [5.41, 5.74) is 7.41. The van der Waals surface area contributed by atoms with Crippen LogP contribution in [0.3, 0.4) is 0 Å². The van der Waals surface area contributed by atoms with Crippen molar-refractivity contribution in [2.45, 2.75) is 63.3 Å². The van der Waals surface area contributed by atoms with Crippen LogP contribution in [0.2, 0.25) is 0 Å². The number of amides is 1. The third-order valence-electron chi connectivity index (χ3n) is 8.09. The molecule has 1 amide bonds. The zero-order valence-corrected chi connectivity index (χ0v) is 22.3. The molecule has 2 heterocycles. The van der Waals surface area contributed by atoms with Gasteiger partial charge in [-0.05, 0) is 81.2 Å². The Morgan fingerprint density at radius 3 is 2.58 bits per heavy atom. The van der Waals surface area contributed by atoms with Gasteiger partial charge in [-0.15, -0.1) is 11.8 Å². The Morgan fingerprint density at radius 1 is 1.22 bits per heavy atom. The van der Waals surface area contributed by atoms with Crippen LogP contribution < -0.4 is 15.2 Å². The number of thioether (sulfide) groups is 1. The lowest BCUT2D eigenvalue weighted by Gasteiger charge is -2.46. The van der Waals surface area contributed by atoms with E-state index in [1.165, 1.54) is 4.90 Å². The molecule has 198 valence electrons. The normalized spacial score (nSPS) is 30.9. The summed E-state index contributed by atoms with van der Waals surface area (Å²) in [7, 11) is 3.34. The molecule has 4 rings (SSSR count). The van der Waals surface area contributed by atoms with Crippen LogP contribution in [0.4, 0.5) is 0 Å². The molecule has 1 aliphatic carbocycles. The lowest BCUT2D eigenvalue weighted by molar-refractivity contribution is -0.163. The van der Waals surface area contributed by atoms with E-state index in [0.29, 0.717) is 18.4 Å². The molecule has 4 N–H and O–H groups in total. The molecule has 1 saturated heterocycles. The van der Waals surface area contributed by atoms with Crippen molar-refractivity contribution in [2.75, 3.05) is 20.8 Å². The molecule has 2 aliphatic heterocycles. The number of aliphatic carboxylic acids is 1. The Morgan fingerprint density at radius 2 is 1.97 bits per heavy atom. The highest BCUT2D eigenvalue weighted by atomic mass is 32.2. The first-order chi connectivity index (χ1) is 17.2. The lowest BCUT2D eigenvalue weighted by atomic mass is 9.79. The molecule has 1 aromatic carbocycles. The maximum Gasteiger partial charge on any atom is 0.353 e. The van der Waals surface area contributed by atoms with Crippen molar-refractivity contribution in [1.29, 1.82) is 0 Å². The van der Waals surface area contributed by atoms with Gasteiger partial charge in [0.25, 0.3) is 0 Å². The summed E-state index contributed by atoms with van der Waals surface area (Å²) in [6.07, 6.45) is 3.93. The van der Waals surface area contributed by atoms with Gasteiger partial charge in [0.05, 0.1) is 32.3 Å². The minimum atomic E-state index is -1.07. The first-order valence-electron chi connectivity index (χ1n) is 12.8. The molecule has 0 spiro atoms. The minimum absolute atomic E-state index is 0.102. The van der Waals surface area contributed by atoms with Gasteiger partial charge in [0.2, 0.25) is 5.91 Å². The fourth-order valence-corrected chi connectivity index (χ4v) is 7.93. The zero-order valence-electron chi connectivity index (χ0n) is 21.5. The number of fused-ring (bicyclic) bond motifs is 1. The highest BCUT2D eigenvalue weighted by molar-refractivity contribution is 8.03. The van der Waals surface area contributed by atoms with E-state index in [4.69, 9.17) is 15.2 Å². The number of benzene rings is 1. The number of hydrogen-bond donors (Lipinski definition) is 3. The number of nitrogens with two attached hydrogens (primary N) is 1. The van der Waals surface area contributed by atoms with E-state index < -0.39 is 18.0 Å². The number of rotatable bonds is 9. The number of carbonyl (C=O) groups is 2. The van der Waals surface area contributed by atoms with Crippen molar-refractivity contribution in [3.05, 3.63) is 34.4 Å². The molecule has 9 heteroatoms. The van der Waals surface area contributed by atoms with Crippen LogP contribution in [-0.2, 0) is 16.0 Å². The van der Waals surface area contributed by atoms with Crippen LogP contribution in [0.25, 0.3) is 0 Å². The van der Waals surface area contributed by atoms with Crippen LogP contribution in [0, 0.1) is 23.7 Å². The number of β-lactam (4-membered cyclic amide) rings is 1. The Labute approximate surface area is 217 Å². The van der Waals surface area contributed by atoms with E-state index in [1.54, 1.807) is 32.9 Å². The van der Waals surface area contributed by atoms with Crippen LogP contribution in [-0.4, -0.2) is 65.1 Å². The van der Waals surface area contributed by atoms with Crippen molar-refractivity contribution in [3.63, 3.8) is 0 Å². The predicted molar refractivity (Wildman–Crippen MR) is 139 cm³/mol. The third kappa shape index (κ3) is 4.97. The highest BCUT2D eigenvalue weighted by Gasteiger charge is 2.60. The SMILES string of the molecule is COc1ccc(OC)c(CC2CCC(SC3=C(C(=O)O)N4C(=O)C(C(C)O)C4C3C)CC(CN)C2)c1. The lowest BCUT2D eigenvalue weighted by Crippen LogP contribution is -2.63. The minimum Gasteiger partial charge on any atom is -0.497 e. The predicted octanol–water partition coefficient (Wildman–Crippen LogP) is 3.27. The molecule has 3 aliphatic rings. The molecule has 1 aromatic rings. The fourth-order valence-electron chi connectivity index (χ4n) is 6.29. The van der Waals surface area contributed by atoms with E-state index in [-0.39, 0.29) is 28.8 Å². The Balaban J connectivity index is 1.51. The molecule has 0 radical (unpaired) electrons. The van der Waals surface area contributed by atoms with Gasteiger partial charge in [0.15, 0.2) is 0 Å². The monoisotopic (exact) mass is 518 g/mol. The molecular formula is C27H38N2O6S. The first-order valence-corrected chi connectivity index (χ1v) is 13.6. The molecule has 7 unspecified atom stereocenters. The summed E-state index contributed by atoms with van der Waals surface area (Å²) in [6, 6.07) is 5.60. The van der Waals surface area contributed by atoms with E-state index in [9.17, 15) is 19.8 Å². The number of hydrogen-bond acceptors (Lipinski definition) is 7. The fraction of sp³-hybridized carbons (Fsp3) is 0.630. The van der Waals surface area contributed by atoms with Gasteiger partial charge in [0.1, 0.15) is 17.2 Å². The molecular weight excluding hydrogens is 480 g/mol. The summed E-state index contributed by atoms with van der Waals surface area (Å²) in [4.78, 5) is 27.0. The van der Waals surface area contributed by atoms with E-state index >= 15 is 0 Å². The van der Waals surface area contributed by atoms with E-state index in [0.717, 1.165) is 54.1 Å². The van der Waals surface area contributed by atoms with Crippen LogP contribution in [0.5, 0.6) is 11.5 Å². The topological polar surface area (TPSA) is 122 Å². The Bertz CT molecular complexity index is 1030. The molecule has 0 bridgehead atoms. The zero-order chi connectivity index (χ0) is 26.1. The van der Waals surface area contributed by atoms with Crippen LogP contribution in [0.1, 0.15) is 45.1 Å². The second-order valence-corrected chi connectivity index (χ2v) is 11.8. The number of aliphatic hydroxyl groups is 1. The standard InChI is InChI=1S/C27H38N2O6S/c1-14-23-22(15(2)30)26(31)29(23)24(27(32)33)25(14)36-20-7-5-16(9-17(11-20)13-28)10-18-12-19(34-3)6-8-21(18)35-4/h6,8,12,14-17,20,22-23,30H,5,7,9-11,13,28H2,1-4H3,(H,32,33). The molecule has 2 fully saturated rings. The highest BCUT2D eigenvalue weighted by Crippen LogP contribution is 2.52. The summed E-state index contributed by atoms with van der Waals surface area (Å²) >= 11 is 1.61. The number of carboxylic acids is 1. The van der Waals surface area contributed by atoms with Gasteiger partial charge < -0.3 is 30.3 Å². The largest absolute Gasteiger partial charge is 0.497 e. The van der Waals surface area contributed by atoms with Crippen molar-refractivity contribution in [1.82, 2.24) is 4.90 Å². The number of ether oxygens (including phenoxy) is 2. The molecule has 0 aromatic heterocycles. The average molecular weight is 519 g/mol. The number of carbonyl (C=O) groups excluding carboxylic acids is 1. The summed E-state index contributed by atoms with van der Waals surface area (Å²) in [5, 5.41) is 20.3. The molecule has 7 atom stereocenters. The number of aliphatic hydroxyl groups excluding tert-OH is 1. The molecule has 36 heavy (non-hydrogen) atoms. The van der Waals surface area contributed by atoms with E-state index in [1.807, 2.05) is 25.1 Å². The Hall–Kier alpha value is -2.23. The van der Waals surface area contributed by atoms with Gasteiger partial charge >= 0.3 is 5.97 Å². The quantitative estimate of drug-likeness (QED) is 0.336. The maximum atomic E-state index is 12.7. The van der Waals surface area contributed by atoms with Crippen molar-refractivity contribution in [2.24, 2.45) is 29.4 Å². The summed E-state index contributed by atoms with van der Waals surface area (Å²) in [5.74, 6) is 0.408. The number of carboxylic acid groups (broad SMARTS) is 1. The number of nitrogens with zero attached hydrogens (tertiary/aromatic N) is 1. The van der Waals surface area contributed by atoms with Gasteiger partial charge in [-0.25, -0.2) is 4.79 Å². The second-order valence-electron chi connectivity index (χ2n) is 10.4. The van der Waals surface area contributed by atoms with Gasteiger partial charge in [-0.3, -0.25) is 4.79 Å². The van der Waals surface area contributed by atoms with E-state index in [2.05, 4.69) is 0 Å². The number of methoxy groups -OCH3 is 2. The van der Waals surface area contributed by atoms with Crippen LogP contribution >= 0.6 is 11.8 Å². The molecule has 1 saturated carbocycles. The van der Waals surface area contributed by atoms with Gasteiger partial charge in [-0.2, -0.15) is 0 Å². The molecule has 8 nitrogen and oxygen atoms in total. The second kappa shape index (κ2) is 11.0. The smallest absolute Gasteiger partial charge is 0.353 e. The van der Waals surface area contributed by atoms with Crippen molar-refractivity contribution >= 4 is 23.6 Å². The third-order valence-corrected chi connectivity index (χ3v) is 9.67. The van der Waals surface area contributed by atoms with Crippen LogP contribution in [0.15, 0.2) is 28.8 Å². The Kier molecular flexibility index (Phi) is 8.22. The summed E-state index contributed by atoms with van der Waals surface area (Å²) in [6.45, 7) is 4.17. The van der Waals surface area contributed by atoms with Crippen molar-refractivity contribution < 1.29 is 29.3 Å². The van der Waals surface area contributed by atoms with Crippen molar-refractivity contribution in [3.8, 4) is 11.5 Å².